The summed E-state index contributed by atoms with van der Waals surface area (Å²) < 4.78 is 0. The van der Waals surface area contributed by atoms with E-state index in [2.05, 4.69) is 29.2 Å². The Morgan fingerprint density at radius 3 is 3.00 bits per heavy atom. The Hall–Kier alpha value is -1.31. The van der Waals surface area contributed by atoms with E-state index in [0.717, 1.165) is 12.8 Å². The number of piperidine rings is 1. The number of anilines is 1. The van der Waals surface area contributed by atoms with Crippen LogP contribution in [0.1, 0.15) is 31.2 Å². The standard InChI is InChI=1S/C15H17NO/c17-15-13-6-3-5-10(13)8-12-9-11-4-1-2-7-14(11)16(12)15/h1-2,4,7,10,12-13H,3,5-6,8-9H2/t10-,12-,13-/m0/s1. The molecule has 1 saturated carbocycles. The molecule has 0 spiro atoms. The van der Waals surface area contributed by atoms with Crippen molar-refractivity contribution >= 4 is 11.6 Å². The van der Waals surface area contributed by atoms with Gasteiger partial charge in [-0.1, -0.05) is 24.6 Å². The predicted molar refractivity (Wildman–Crippen MR) is 66.9 cm³/mol. The molecule has 1 aromatic rings. The van der Waals surface area contributed by atoms with E-state index >= 15 is 0 Å². The molecule has 1 amide bonds. The van der Waals surface area contributed by atoms with Crippen molar-refractivity contribution in [1.82, 2.24) is 0 Å². The molecule has 0 bridgehead atoms. The van der Waals surface area contributed by atoms with Crippen molar-refractivity contribution in [3.05, 3.63) is 29.8 Å². The Morgan fingerprint density at radius 2 is 2.06 bits per heavy atom. The Kier molecular flexibility index (Phi) is 1.91. The molecule has 3 aliphatic rings. The summed E-state index contributed by atoms with van der Waals surface area (Å²) in [5.41, 5.74) is 2.55. The number of carbonyl (C=O) groups excluding carboxylic acids is 1. The Morgan fingerprint density at radius 1 is 1.18 bits per heavy atom. The van der Waals surface area contributed by atoms with Gasteiger partial charge < -0.3 is 4.90 Å². The summed E-state index contributed by atoms with van der Waals surface area (Å²) in [5, 5.41) is 0. The van der Waals surface area contributed by atoms with Crippen molar-refractivity contribution in [1.29, 1.82) is 0 Å². The van der Waals surface area contributed by atoms with Gasteiger partial charge in [0.05, 0.1) is 0 Å². The zero-order valence-corrected chi connectivity index (χ0v) is 9.93. The van der Waals surface area contributed by atoms with Crippen LogP contribution in [-0.2, 0) is 11.2 Å². The minimum absolute atomic E-state index is 0.331. The van der Waals surface area contributed by atoms with E-state index in [1.807, 2.05) is 0 Å². The average molecular weight is 227 g/mol. The van der Waals surface area contributed by atoms with E-state index in [9.17, 15) is 4.79 Å². The molecule has 1 saturated heterocycles. The third kappa shape index (κ3) is 1.24. The fraction of sp³-hybridized carbons (Fsp3) is 0.533. The second-order valence-corrected chi connectivity index (χ2v) is 5.73. The number of amides is 1. The van der Waals surface area contributed by atoms with E-state index in [-0.39, 0.29) is 0 Å². The van der Waals surface area contributed by atoms with Crippen LogP contribution in [0.25, 0.3) is 0 Å². The number of nitrogens with zero attached hydrogens (tertiary/aromatic N) is 1. The molecule has 88 valence electrons. The van der Waals surface area contributed by atoms with Crippen molar-refractivity contribution < 1.29 is 4.79 Å². The highest BCUT2D eigenvalue weighted by Crippen LogP contribution is 2.46. The average Bonchev–Trinajstić information content (AvgIpc) is 2.92. The van der Waals surface area contributed by atoms with Gasteiger partial charge in [0.15, 0.2) is 0 Å². The maximum Gasteiger partial charge on any atom is 0.230 e. The molecule has 0 radical (unpaired) electrons. The molecule has 2 aliphatic heterocycles. The fourth-order valence-electron chi connectivity index (χ4n) is 4.12. The second-order valence-electron chi connectivity index (χ2n) is 5.73. The molecule has 1 aromatic carbocycles. The SMILES string of the molecule is O=C1[C@H]2CCC[C@H]2C[C@H]2Cc3ccccc3N12. The van der Waals surface area contributed by atoms with Crippen LogP contribution in [0.4, 0.5) is 5.69 Å². The first-order valence-electron chi connectivity index (χ1n) is 6.75. The third-order valence-electron chi connectivity index (χ3n) is 4.86. The molecule has 0 unspecified atom stereocenters. The molecule has 3 atom stereocenters. The van der Waals surface area contributed by atoms with E-state index in [1.165, 1.54) is 30.5 Å². The summed E-state index contributed by atoms with van der Waals surface area (Å²) in [7, 11) is 0. The molecule has 1 aliphatic carbocycles. The number of benzene rings is 1. The highest BCUT2D eigenvalue weighted by molar-refractivity contribution is 5.99. The Bertz CT molecular complexity index is 482. The van der Waals surface area contributed by atoms with Gasteiger partial charge in [-0.05, 0) is 43.2 Å². The summed E-state index contributed by atoms with van der Waals surface area (Å²) in [4.78, 5) is 14.7. The van der Waals surface area contributed by atoms with Crippen molar-refractivity contribution in [3.63, 3.8) is 0 Å². The van der Waals surface area contributed by atoms with Crippen molar-refractivity contribution in [2.45, 2.75) is 38.1 Å². The van der Waals surface area contributed by atoms with Gasteiger partial charge in [0.1, 0.15) is 0 Å². The largest absolute Gasteiger partial charge is 0.309 e. The molecule has 0 aromatic heterocycles. The van der Waals surface area contributed by atoms with Crippen LogP contribution in [0.3, 0.4) is 0 Å². The summed E-state index contributed by atoms with van der Waals surface area (Å²) in [6.07, 6.45) is 5.95. The smallest absolute Gasteiger partial charge is 0.230 e. The van der Waals surface area contributed by atoms with Crippen LogP contribution in [0, 0.1) is 11.8 Å². The summed E-state index contributed by atoms with van der Waals surface area (Å²) in [6, 6.07) is 8.89. The Labute approximate surface area is 102 Å². The van der Waals surface area contributed by atoms with Crippen LogP contribution in [-0.4, -0.2) is 11.9 Å². The fourth-order valence-corrected chi connectivity index (χ4v) is 4.12. The lowest BCUT2D eigenvalue weighted by molar-refractivity contribution is -0.125. The Balaban J connectivity index is 1.77. The second kappa shape index (κ2) is 3.34. The van der Waals surface area contributed by atoms with Crippen LogP contribution in [0.15, 0.2) is 24.3 Å². The minimum atomic E-state index is 0.331. The first kappa shape index (κ1) is 9.69. The first-order chi connectivity index (χ1) is 8.34. The molecule has 2 heterocycles. The number of fused-ring (bicyclic) bond motifs is 4. The molecule has 4 rings (SSSR count). The summed E-state index contributed by atoms with van der Waals surface area (Å²) in [6.45, 7) is 0. The van der Waals surface area contributed by atoms with Crippen LogP contribution >= 0.6 is 0 Å². The van der Waals surface area contributed by atoms with Gasteiger partial charge in [-0.15, -0.1) is 0 Å². The predicted octanol–water partition coefficient (Wildman–Crippen LogP) is 2.76. The van der Waals surface area contributed by atoms with Gasteiger partial charge in [-0.3, -0.25) is 4.79 Å². The van der Waals surface area contributed by atoms with Gasteiger partial charge in [0.25, 0.3) is 0 Å². The molecule has 2 heteroatoms. The van der Waals surface area contributed by atoms with Crippen molar-refractivity contribution in [2.24, 2.45) is 11.8 Å². The number of hydrogen-bond acceptors (Lipinski definition) is 1. The molecular formula is C15H17NO. The lowest BCUT2D eigenvalue weighted by Gasteiger charge is -2.37. The van der Waals surface area contributed by atoms with Gasteiger partial charge in [0.2, 0.25) is 5.91 Å². The highest BCUT2D eigenvalue weighted by Gasteiger charge is 2.47. The molecule has 2 nitrogen and oxygen atoms in total. The quantitative estimate of drug-likeness (QED) is 0.667. The highest BCUT2D eigenvalue weighted by atomic mass is 16.2. The van der Waals surface area contributed by atoms with Gasteiger partial charge in [-0.2, -0.15) is 0 Å². The van der Waals surface area contributed by atoms with E-state index in [4.69, 9.17) is 0 Å². The van der Waals surface area contributed by atoms with Crippen LogP contribution in [0.2, 0.25) is 0 Å². The zero-order valence-electron chi connectivity index (χ0n) is 9.93. The van der Waals surface area contributed by atoms with Crippen LogP contribution in [0.5, 0.6) is 0 Å². The first-order valence-corrected chi connectivity index (χ1v) is 6.75. The monoisotopic (exact) mass is 227 g/mol. The molecule has 2 fully saturated rings. The molecular weight excluding hydrogens is 210 g/mol. The lowest BCUT2D eigenvalue weighted by Crippen LogP contribution is -2.48. The topological polar surface area (TPSA) is 20.3 Å². The van der Waals surface area contributed by atoms with Crippen molar-refractivity contribution in [2.75, 3.05) is 4.90 Å². The minimum Gasteiger partial charge on any atom is -0.309 e. The summed E-state index contributed by atoms with van der Waals surface area (Å²) in [5.74, 6) is 1.42. The van der Waals surface area contributed by atoms with Gasteiger partial charge >= 0.3 is 0 Å². The number of carbonyl (C=O) groups is 1. The number of hydrogen-bond donors (Lipinski definition) is 0. The maximum atomic E-state index is 12.6. The van der Waals surface area contributed by atoms with Crippen LogP contribution < -0.4 is 4.90 Å². The summed E-state index contributed by atoms with van der Waals surface area (Å²) >= 11 is 0. The lowest BCUT2D eigenvalue weighted by atomic mass is 9.84. The van der Waals surface area contributed by atoms with E-state index in [1.54, 1.807) is 0 Å². The zero-order chi connectivity index (χ0) is 11.4. The van der Waals surface area contributed by atoms with Gasteiger partial charge in [0, 0.05) is 17.6 Å². The van der Waals surface area contributed by atoms with E-state index in [0.29, 0.717) is 23.8 Å². The van der Waals surface area contributed by atoms with Gasteiger partial charge in [-0.25, -0.2) is 0 Å². The number of rotatable bonds is 0. The molecule has 0 N–H and O–H groups in total. The number of para-hydroxylation sites is 1. The maximum absolute atomic E-state index is 12.6. The normalized spacial score (nSPS) is 34.5. The molecule has 17 heavy (non-hydrogen) atoms. The third-order valence-corrected chi connectivity index (χ3v) is 4.86. The van der Waals surface area contributed by atoms with E-state index < -0.39 is 0 Å². The van der Waals surface area contributed by atoms with Crippen molar-refractivity contribution in [3.8, 4) is 0 Å².